The summed E-state index contributed by atoms with van der Waals surface area (Å²) in [5.74, 6) is -0.130. The number of nitrogens with two attached hydrogens (primary N) is 2. The number of anilines is 3. The van der Waals surface area contributed by atoms with Crippen LogP contribution in [0.5, 0.6) is 0 Å². The van der Waals surface area contributed by atoms with Gasteiger partial charge >= 0.3 is 6.09 Å². The first-order valence-corrected chi connectivity index (χ1v) is 12.2. The second-order valence-electron chi connectivity index (χ2n) is 9.73. The zero-order valence-electron chi connectivity index (χ0n) is 22.3. The first-order valence-electron chi connectivity index (χ1n) is 11.8. The summed E-state index contributed by atoms with van der Waals surface area (Å²) in [5, 5.41) is 7.20. The van der Waals surface area contributed by atoms with E-state index in [1.165, 1.54) is 28.7 Å². The highest BCUT2D eigenvalue weighted by molar-refractivity contribution is 6.30. The van der Waals surface area contributed by atoms with Crippen LogP contribution in [0.1, 0.15) is 49.2 Å². The highest BCUT2D eigenvalue weighted by Gasteiger charge is 2.25. The molecule has 0 radical (unpaired) electrons. The van der Waals surface area contributed by atoms with Gasteiger partial charge < -0.3 is 26.3 Å². The zero-order valence-corrected chi connectivity index (χ0v) is 23.0. The van der Waals surface area contributed by atoms with Gasteiger partial charge in [-0.3, -0.25) is 14.7 Å². The van der Waals surface area contributed by atoms with Crippen LogP contribution in [-0.2, 0) is 16.1 Å². The third-order valence-corrected chi connectivity index (χ3v) is 5.46. The van der Waals surface area contributed by atoms with Crippen LogP contribution < -0.4 is 21.7 Å². The SMILES string of the molecule is CN=Cc1cc(COC[C@@H](C)NC(=O)c2cnn3c(N(C)C(=O)OC(C)(C)C)cc(Cl)nc23)cc(N)c1N. The van der Waals surface area contributed by atoms with Gasteiger partial charge in [-0.05, 0) is 45.4 Å². The van der Waals surface area contributed by atoms with Crippen molar-refractivity contribution in [3.63, 3.8) is 0 Å². The predicted molar refractivity (Wildman–Crippen MR) is 148 cm³/mol. The number of hydrogen-bond donors (Lipinski definition) is 3. The van der Waals surface area contributed by atoms with Gasteiger partial charge in [0.25, 0.3) is 5.91 Å². The number of rotatable bonds is 8. The molecule has 5 N–H and O–H groups in total. The lowest BCUT2D eigenvalue weighted by atomic mass is 10.1. The molecule has 0 saturated carbocycles. The Labute approximate surface area is 225 Å². The summed E-state index contributed by atoms with van der Waals surface area (Å²) >= 11 is 6.22. The lowest BCUT2D eigenvalue weighted by Gasteiger charge is -2.24. The number of halogens is 1. The number of carbonyl (C=O) groups is 2. The molecule has 1 aromatic carbocycles. The van der Waals surface area contributed by atoms with E-state index in [4.69, 9.17) is 32.5 Å². The maximum atomic E-state index is 13.0. The van der Waals surface area contributed by atoms with Crippen molar-refractivity contribution in [1.82, 2.24) is 19.9 Å². The molecule has 12 nitrogen and oxygen atoms in total. The largest absolute Gasteiger partial charge is 0.443 e. The molecule has 0 unspecified atom stereocenters. The lowest BCUT2D eigenvalue weighted by molar-refractivity contribution is 0.0587. The Balaban J connectivity index is 1.69. The van der Waals surface area contributed by atoms with Gasteiger partial charge in [-0.1, -0.05) is 11.6 Å². The van der Waals surface area contributed by atoms with Crippen molar-refractivity contribution < 1.29 is 19.1 Å². The molecule has 3 aromatic rings. The molecule has 0 bridgehead atoms. The van der Waals surface area contributed by atoms with Crippen LogP contribution in [0.25, 0.3) is 5.65 Å². The van der Waals surface area contributed by atoms with Crippen LogP contribution in [0.2, 0.25) is 5.15 Å². The first kappa shape index (κ1) is 28.7. The molecule has 1 atom stereocenters. The van der Waals surface area contributed by atoms with Crippen molar-refractivity contribution in [1.29, 1.82) is 0 Å². The van der Waals surface area contributed by atoms with Gasteiger partial charge in [0.2, 0.25) is 0 Å². The monoisotopic (exact) mass is 544 g/mol. The van der Waals surface area contributed by atoms with Crippen molar-refractivity contribution in [2.45, 2.75) is 45.9 Å². The van der Waals surface area contributed by atoms with Crippen molar-refractivity contribution in [3.05, 3.63) is 46.2 Å². The van der Waals surface area contributed by atoms with Gasteiger partial charge in [-0.2, -0.15) is 9.61 Å². The maximum Gasteiger partial charge on any atom is 0.415 e. The average Bonchev–Trinajstić information content (AvgIpc) is 3.24. The Kier molecular flexibility index (Phi) is 8.79. The number of nitrogens with zero attached hydrogens (tertiary/aromatic N) is 5. The molecule has 0 aliphatic heterocycles. The summed E-state index contributed by atoms with van der Waals surface area (Å²) in [5.41, 5.74) is 14.1. The van der Waals surface area contributed by atoms with Gasteiger partial charge in [0.05, 0.1) is 30.8 Å². The third-order valence-electron chi connectivity index (χ3n) is 5.26. The first-order chi connectivity index (χ1) is 17.8. The molecule has 0 saturated heterocycles. The van der Waals surface area contributed by atoms with Crippen molar-refractivity contribution in [3.8, 4) is 0 Å². The molecule has 38 heavy (non-hydrogen) atoms. The minimum atomic E-state index is -0.693. The Bertz CT molecular complexity index is 1370. The fourth-order valence-electron chi connectivity index (χ4n) is 3.53. The lowest BCUT2D eigenvalue weighted by Crippen LogP contribution is -2.36. The summed E-state index contributed by atoms with van der Waals surface area (Å²) in [4.78, 5) is 35.1. The van der Waals surface area contributed by atoms with Gasteiger partial charge in [-0.25, -0.2) is 9.78 Å². The summed E-state index contributed by atoms with van der Waals surface area (Å²) in [7, 11) is 3.17. The molecule has 3 rings (SSSR count). The van der Waals surface area contributed by atoms with Gasteiger partial charge in [0, 0.05) is 38.0 Å². The average molecular weight is 545 g/mol. The molecule has 2 amide bonds. The van der Waals surface area contributed by atoms with Crippen LogP contribution >= 0.6 is 11.6 Å². The Hall–Kier alpha value is -3.90. The van der Waals surface area contributed by atoms with E-state index in [0.29, 0.717) is 22.8 Å². The van der Waals surface area contributed by atoms with E-state index in [9.17, 15) is 9.59 Å². The Morgan fingerprint density at radius 2 is 2.00 bits per heavy atom. The molecule has 0 spiro atoms. The maximum absolute atomic E-state index is 13.0. The number of aromatic nitrogens is 3. The molecular weight excluding hydrogens is 512 g/mol. The smallest absolute Gasteiger partial charge is 0.415 e. The van der Waals surface area contributed by atoms with E-state index in [1.807, 2.05) is 6.07 Å². The van der Waals surface area contributed by atoms with Gasteiger partial charge in [0.15, 0.2) is 5.65 Å². The second kappa shape index (κ2) is 11.7. The van der Waals surface area contributed by atoms with Crippen LogP contribution in [0.4, 0.5) is 22.0 Å². The van der Waals surface area contributed by atoms with E-state index >= 15 is 0 Å². The van der Waals surface area contributed by atoms with Crippen LogP contribution in [0.15, 0.2) is 29.4 Å². The van der Waals surface area contributed by atoms with Crippen LogP contribution in [-0.4, -0.2) is 65.2 Å². The van der Waals surface area contributed by atoms with Gasteiger partial charge in [-0.15, -0.1) is 0 Å². The van der Waals surface area contributed by atoms with Crippen molar-refractivity contribution >= 4 is 52.7 Å². The second-order valence-corrected chi connectivity index (χ2v) is 10.1. The number of benzene rings is 1. The molecule has 0 aliphatic carbocycles. The Morgan fingerprint density at radius 1 is 1.29 bits per heavy atom. The third kappa shape index (κ3) is 6.90. The number of carbonyl (C=O) groups excluding carboxylic acids is 2. The highest BCUT2D eigenvalue weighted by atomic mass is 35.5. The normalized spacial score (nSPS) is 12.6. The summed E-state index contributed by atoms with van der Waals surface area (Å²) in [6.07, 6.45) is 2.39. The van der Waals surface area contributed by atoms with E-state index in [0.717, 1.165) is 5.56 Å². The highest BCUT2D eigenvalue weighted by Crippen LogP contribution is 2.24. The van der Waals surface area contributed by atoms with Crippen LogP contribution in [0, 0.1) is 0 Å². The van der Waals surface area contributed by atoms with Crippen molar-refractivity contribution in [2.75, 3.05) is 37.1 Å². The minimum Gasteiger partial charge on any atom is -0.443 e. The van der Waals surface area contributed by atoms with Gasteiger partial charge in [0.1, 0.15) is 22.1 Å². The molecule has 0 aliphatic rings. The number of nitrogens with one attached hydrogen (secondary N) is 1. The summed E-state index contributed by atoms with van der Waals surface area (Å²) in [6, 6.07) is 4.71. The van der Waals surface area contributed by atoms with E-state index in [-0.39, 0.29) is 35.6 Å². The number of ether oxygens (including phenoxy) is 2. The summed E-state index contributed by atoms with van der Waals surface area (Å²) < 4.78 is 12.6. The fourth-order valence-corrected chi connectivity index (χ4v) is 3.71. The molecule has 2 aromatic heterocycles. The fraction of sp³-hybridized carbons (Fsp3) is 0.400. The van der Waals surface area contributed by atoms with Crippen molar-refractivity contribution in [2.24, 2.45) is 4.99 Å². The standard InChI is InChI=1S/C25H33ClN8O4/c1-14(12-37-13-15-7-16(10-29-5)21(28)18(27)8-15)31-23(35)17-11-30-34-20(9-19(26)32-22(17)34)33(6)24(36)38-25(2,3)4/h7-11,14H,12-13,27-28H2,1-6H3,(H,31,35)/t14-/m1/s1. The number of hydrogen-bond acceptors (Lipinski definition) is 9. The van der Waals surface area contributed by atoms with E-state index in [1.54, 1.807) is 47.0 Å². The molecular formula is C25H33ClN8O4. The number of aliphatic imine (C=N–C) groups is 1. The van der Waals surface area contributed by atoms with Crippen LogP contribution in [0.3, 0.4) is 0 Å². The predicted octanol–water partition coefficient (Wildman–Crippen LogP) is 3.30. The zero-order chi connectivity index (χ0) is 28.2. The number of fused-ring (bicyclic) bond motifs is 1. The minimum absolute atomic E-state index is 0.0871. The number of amides is 2. The molecule has 2 heterocycles. The Morgan fingerprint density at radius 3 is 2.66 bits per heavy atom. The summed E-state index contributed by atoms with van der Waals surface area (Å²) in [6.45, 7) is 7.59. The molecule has 204 valence electrons. The molecule has 13 heteroatoms. The van der Waals surface area contributed by atoms with E-state index < -0.39 is 17.6 Å². The van der Waals surface area contributed by atoms with E-state index in [2.05, 4.69) is 20.4 Å². The quantitative estimate of drug-likeness (QED) is 0.221. The molecule has 0 fully saturated rings. The number of nitrogen functional groups attached to an aromatic ring is 2. The topological polar surface area (TPSA) is 162 Å².